The Kier molecular flexibility index (Phi) is 4.72. The van der Waals surface area contributed by atoms with Gasteiger partial charge in [-0.2, -0.15) is 0 Å². The lowest BCUT2D eigenvalue weighted by atomic mass is 10.3. The SMILES string of the molecule is CCC(CN)S(=O)(=O)Nc1ccc2c(c1)OCCCO2. The van der Waals surface area contributed by atoms with Crippen molar-refractivity contribution in [2.75, 3.05) is 24.5 Å². The molecule has 1 unspecified atom stereocenters. The summed E-state index contributed by atoms with van der Waals surface area (Å²) in [5.74, 6) is 1.19. The lowest BCUT2D eigenvalue weighted by Crippen LogP contribution is -2.33. The third-order valence-corrected chi connectivity index (χ3v) is 5.09. The van der Waals surface area contributed by atoms with Crippen LogP contribution in [0.15, 0.2) is 18.2 Å². The highest BCUT2D eigenvalue weighted by atomic mass is 32.2. The maximum Gasteiger partial charge on any atom is 0.236 e. The molecule has 1 aliphatic heterocycles. The largest absolute Gasteiger partial charge is 0.490 e. The second kappa shape index (κ2) is 6.32. The first-order chi connectivity index (χ1) is 9.56. The number of hydrogen-bond donors (Lipinski definition) is 2. The predicted molar refractivity (Wildman–Crippen MR) is 77.7 cm³/mol. The van der Waals surface area contributed by atoms with Crippen LogP contribution in [0.25, 0.3) is 0 Å². The summed E-state index contributed by atoms with van der Waals surface area (Å²) in [5.41, 5.74) is 5.95. The molecular formula is C13H20N2O4S. The number of fused-ring (bicyclic) bond motifs is 1. The van der Waals surface area contributed by atoms with Crippen molar-refractivity contribution in [1.29, 1.82) is 0 Å². The lowest BCUT2D eigenvalue weighted by molar-refractivity contribution is 0.297. The molecule has 0 saturated carbocycles. The summed E-state index contributed by atoms with van der Waals surface area (Å²) >= 11 is 0. The van der Waals surface area contributed by atoms with Gasteiger partial charge in [0.15, 0.2) is 11.5 Å². The molecule has 1 atom stereocenters. The van der Waals surface area contributed by atoms with Crippen molar-refractivity contribution in [2.24, 2.45) is 5.73 Å². The quantitative estimate of drug-likeness (QED) is 0.856. The molecule has 7 heteroatoms. The number of anilines is 1. The number of nitrogens with one attached hydrogen (secondary N) is 1. The lowest BCUT2D eigenvalue weighted by Gasteiger charge is -2.16. The van der Waals surface area contributed by atoms with Crippen LogP contribution in [0.2, 0.25) is 0 Å². The average Bonchev–Trinajstić information content (AvgIpc) is 2.64. The monoisotopic (exact) mass is 300 g/mol. The molecule has 3 N–H and O–H groups in total. The first-order valence-electron chi connectivity index (χ1n) is 6.68. The Labute approximate surface area is 119 Å². The van der Waals surface area contributed by atoms with Crippen molar-refractivity contribution < 1.29 is 17.9 Å². The highest BCUT2D eigenvalue weighted by molar-refractivity contribution is 7.93. The van der Waals surface area contributed by atoms with Crippen LogP contribution in [0.1, 0.15) is 19.8 Å². The Hall–Kier alpha value is -1.47. The molecule has 1 aliphatic rings. The first kappa shape index (κ1) is 14.9. The van der Waals surface area contributed by atoms with Gasteiger partial charge in [-0.25, -0.2) is 8.42 Å². The van der Waals surface area contributed by atoms with E-state index in [1.54, 1.807) is 25.1 Å². The number of nitrogens with two attached hydrogens (primary N) is 1. The smallest absolute Gasteiger partial charge is 0.236 e. The van der Waals surface area contributed by atoms with Gasteiger partial charge in [0.1, 0.15) is 0 Å². The van der Waals surface area contributed by atoms with Gasteiger partial charge in [0.05, 0.1) is 24.2 Å². The normalized spacial score (nSPS) is 16.3. The van der Waals surface area contributed by atoms with Crippen molar-refractivity contribution in [3.63, 3.8) is 0 Å². The van der Waals surface area contributed by atoms with Gasteiger partial charge in [-0.3, -0.25) is 4.72 Å². The molecular weight excluding hydrogens is 280 g/mol. The van der Waals surface area contributed by atoms with E-state index in [1.807, 2.05) is 0 Å². The Morgan fingerprint density at radius 2 is 2.00 bits per heavy atom. The fourth-order valence-corrected chi connectivity index (χ4v) is 3.30. The highest BCUT2D eigenvalue weighted by Crippen LogP contribution is 2.32. The molecule has 0 bridgehead atoms. The van der Waals surface area contributed by atoms with Crippen molar-refractivity contribution in [3.8, 4) is 11.5 Å². The van der Waals surface area contributed by atoms with Gasteiger partial charge in [0, 0.05) is 19.0 Å². The molecule has 0 fully saturated rings. The zero-order valence-electron chi connectivity index (χ0n) is 11.5. The van der Waals surface area contributed by atoms with Crippen LogP contribution in [-0.2, 0) is 10.0 Å². The minimum absolute atomic E-state index is 0.0936. The Bertz CT molecular complexity index is 555. The molecule has 1 heterocycles. The summed E-state index contributed by atoms with van der Waals surface area (Å²) < 4.78 is 37.9. The number of hydrogen-bond acceptors (Lipinski definition) is 5. The molecule has 1 aromatic carbocycles. The summed E-state index contributed by atoms with van der Waals surface area (Å²) in [6.07, 6.45) is 1.28. The maximum absolute atomic E-state index is 12.1. The van der Waals surface area contributed by atoms with Crippen LogP contribution in [0.3, 0.4) is 0 Å². The maximum atomic E-state index is 12.1. The predicted octanol–water partition coefficient (Wildman–Crippen LogP) is 1.33. The summed E-state index contributed by atoms with van der Waals surface area (Å²) in [6.45, 7) is 3.05. The van der Waals surface area contributed by atoms with Gasteiger partial charge in [0.25, 0.3) is 0 Å². The van der Waals surface area contributed by atoms with Crippen LogP contribution in [0.5, 0.6) is 11.5 Å². The molecule has 1 aromatic rings. The second-order valence-corrected chi connectivity index (χ2v) is 6.59. The molecule has 0 spiro atoms. The summed E-state index contributed by atoms with van der Waals surface area (Å²) in [4.78, 5) is 0. The van der Waals surface area contributed by atoms with Crippen molar-refractivity contribution >= 4 is 15.7 Å². The molecule has 6 nitrogen and oxygen atoms in total. The highest BCUT2D eigenvalue weighted by Gasteiger charge is 2.22. The van der Waals surface area contributed by atoms with Crippen molar-refractivity contribution in [1.82, 2.24) is 0 Å². The van der Waals surface area contributed by atoms with E-state index in [0.717, 1.165) is 6.42 Å². The van der Waals surface area contributed by atoms with Gasteiger partial charge in [-0.05, 0) is 18.6 Å². The molecule has 2 rings (SSSR count). The zero-order chi connectivity index (χ0) is 14.6. The molecule has 0 aromatic heterocycles. The van der Waals surface area contributed by atoms with Gasteiger partial charge < -0.3 is 15.2 Å². The van der Waals surface area contributed by atoms with E-state index in [-0.39, 0.29) is 6.54 Å². The van der Waals surface area contributed by atoms with E-state index >= 15 is 0 Å². The number of rotatable bonds is 5. The van der Waals surface area contributed by atoms with E-state index in [0.29, 0.717) is 36.8 Å². The van der Waals surface area contributed by atoms with E-state index in [1.165, 1.54) is 0 Å². The summed E-state index contributed by atoms with van der Waals surface area (Å²) in [5, 5.41) is -0.599. The minimum atomic E-state index is -3.48. The molecule has 0 aliphatic carbocycles. The third-order valence-electron chi connectivity index (χ3n) is 3.16. The van der Waals surface area contributed by atoms with E-state index in [9.17, 15) is 8.42 Å². The number of ether oxygens (including phenoxy) is 2. The topological polar surface area (TPSA) is 90.7 Å². The van der Waals surface area contributed by atoms with Crippen LogP contribution >= 0.6 is 0 Å². The van der Waals surface area contributed by atoms with Crippen molar-refractivity contribution in [3.05, 3.63) is 18.2 Å². The van der Waals surface area contributed by atoms with Crippen LogP contribution < -0.4 is 19.9 Å². The third kappa shape index (κ3) is 3.34. The summed E-state index contributed by atoms with van der Waals surface area (Å²) in [6, 6.07) is 5.01. The molecule has 0 saturated heterocycles. The van der Waals surface area contributed by atoms with Crippen LogP contribution in [0, 0.1) is 0 Å². The minimum Gasteiger partial charge on any atom is -0.490 e. The van der Waals surface area contributed by atoms with E-state index in [4.69, 9.17) is 15.2 Å². The Balaban J connectivity index is 2.20. The average molecular weight is 300 g/mol. The number of benzene rings is 1. The fraction of sp³-hybridized carbons (Fsp3) is 0.538. The first-order valence-corrected chi connectivity index (χ1v) is 8.22. The van der Waals surface area contributed by atoms with Crippen molar-refractivity contribution in [2.45, 2.75) is 25.0 Å². The fourth-order valence-electron chi connectivity index (χ4n) is 1.99. The molecule has 112 valence electrons. The van der Waals surface area contributed by atoms with Crippen LogP contribution in [-0.4, -0.2) is 33.4 Å². The Morgan fingerprint density at radius 3 is 2.65 bits per heavy atom. The van der Waals surface area contributed by atoms with Gasteiger partial charge >= 0.3 is 0 Å². The molecule has 0 radical (unpaired) electrons. The van der Waals surface area contributed by atoms with Crippen LogP contribution in [0.4, 0.5) is 5.69 Å². The molecule has 0 amide bonds. The second-order valence-electron chi connectivity index (χ2n) is 4.63. The van der Waals surface area contributed by atoms with Gasteiger partial charge in [-0.1, -0.05) is 6.92 Å². The van der Waals surface area contributed by atoms with Gasteiger partial charge in [-0.15, -0.1) is 0 Å². The molecule has 20 heavy (non-hydrogen) atoms. The van der Waals surface area contributed by atoms with E-state index < -0.39 is 15.3 Å². The van der Waals surface area contributed by atoms with E-state index in [2.05, 4.69) is 4.72 Å². The standard InChI is InChI=1S/C13H20N2O4S/c1-2-11(9-14)20(16,17)15-10-4-5-12-13(8-10)19-7-3-6-18-12/h4-5,8,11,15H,2-3,6-7,9,14H2,1H3. The van der Waals surface area contributed by atoms with Gasteiger partial charge in [0.2, 0.25) is 10.0 Å². The Morgan fingerprint density at radius 1 is 1.30 bits per heavy atom. The number of sulfonamides is 1. The zero-order valence-corrected chi connectivity index (χ0v) is 12.3. The summed E-state index contributed by atoms with van der Waals surface area (Å²) in [7, 11) is -3.48.